The Balaban J connectivity index is 1.88. The quantitative estimate of drug-likeness (QED) is 0.623. The molecule has 7 nitrogen and oxygen atoms in total. The van der Waals surface area contributed by atoms with E-state index in [2.05, 4.69) is 0 Å². The van der Waals surface area contributed by atoms with Crippen LogP contribution in [0.4, 0.5) is 11.5 Å². The molecule has 8 heteroatoms. The summed E-state index contributed by atoms with van der Waals surface area (Å²) in [6.45, 7) is 0. The van der Waals surface area contributed by atoms with E-state index in [1.54, 1.807) is 45.4 Å². The van der Waals surface area contributed by atoms with E-state index in [1.165, 1.54) is 4.57 Å². The zero-order valence-corrected chi connectivity index (χ0v) is 18.0. The normalized spacial score (nSPS) is 15.7. The number of carbonyl (C=O) groups is 1. The molecule has 0 saturated carbocycles. The van der Waals surface area contributed by atoms with Gasteiger partial charge in [-0.25, -0.2) is 0 Å². The van der Waals surface area contributed by atoms with E-state index in [-0.39, 0.29) is 23.1 Å². The monoisotopic (exact) mass is 426 g/mol. The summed E-state index contributed by atoms with van der Waals surface area (Å²) in [6.07, 6.45) is 0.211. The number of nitrogens with zero attached hydrogens (tertiary/aromatic N) is 2. The van der Waals surface area contributed by atoms with E-state index in [1.807, 2.05) is 30.3 Å². The summed E-state index contributed by atoms with van der Waals surface area (Å²) in [5.74, 6) is 2.20. The van der Waals surface area contributed by atoms with Crippen LogP contribution in [0.1, 0.15) is 22.8 Å². The minimum atomic E-state index is -0.300. The summed E-state index contributed by atoms with van der Waals surface area (Å²) < 4.78 is 17.7. The summed E-state index contributed by atoms with van der Waals surface area (Å²) in [6, 6.07) is 12.7. The van der Waals surface area contributed by atoms with Gasteiger partial charge in [-0.05, 0) is 42.5 Å². The Kier molecular flexibility index (Phi) is 5.26. The molecule has 1 aliphatic rings. The topological polar surface area (TPSA) is 70.0 Å². The molecule has 0 fully saturated rings. The lowest BCUT2D eigenvalue weighted by Gasteiger charge is -2.32. The molecule has 0 saturated heterocycles. The average molecular weight is 426 g/mol. The molecule has 0 radical (unpaired) electrons. The van der Waals surface area contributed by atoms with Crippen LogP contribution in [0.3, 0.4) is 0 Å². The van der Waals surface area contributed by atoms with E-state index in [0.29, 0.717) is 28.8 Å². The van der Waals surface area contributed by atoms with Crippen molar-refractivity contribution in [3.05, 3.63) is 62.6 Å². The number of thiazole rings is 1. The molecule has 3 aromatic rings. The van der Waals surface area contributed by atoms with Crippen LogP contribution in [0.25, 0.3) is 0 Å². The van der Waals surface area contributed by atoms with Gasteiger partial charge in [-0.1, -0.05) is 11.3 Å². The average Bonchev–Trinajstić information content (AvgIpc) is 3.07. The van der Waals surface area contributed by atoms with Crippen molar-refractivity contribution in [1.82, 2.24) is 4.57 Å². The largest absolute Gasteiger partial charge is 0.497 e. The number of methoxy groups -OCH3 is 3. The van der Waals surface area contributed by atoms with Crippen molar-refractivity contribution in [3.63, 3.8) is 0 Å². The minimum Gasteiger partial charge on any atom is -0.497 e. The van der Waals surface area contributed by atoms with Crippen molar-refractivity contribution in [2.75, 3.05) is 26.2 Å². The molecule has 2 heterocycles. The number of benzene rings is 2. The third-order valence-electron chi connectivity index (χ3n) is 5.31. The third kappa shape index (κ3) is 3.23. The molecular weight excluding hydrogens is 404 g/mol. The molecule has 0 N–H and O–H groups in total. The van der Waals surface area contributed by atoms with Crippen LogP contribution in [0, 0.1) is 0 Å². The summed E-state index contributed by atoms with van der Waals surface area (Å²) in [7, 11) is 6.46. The minimum absolute atomic E-state index is 0.101. The first kappa shape index (κ1) is 20.0. The summed E-state index contributed by atoms with van der Waals surface area (Å²) in [5.41, 5.74) is 1.51. The number of hydrogen-bond donors (Lipinski definition) is 0. The van der Waals surface area contributed by atoms with Crippen molar-refractivity contribution in [2.45, 2.75) is 12.3 Å². The highest BCUT2D eigenvalue weighted by Gasteiger charge is 2.38. The smallest absolute Gasteiger partial charge is 0.308 e. The highest BCUT2D eigenvalue weighted by atomic mass is 32.1. The molecule has 0 aliphatic carbocycles. The number of fused-ring (bicyclic) bond motifs is 1. The van der Waals surface area contributed by atoms with Crippen LogP contribution < -0.4 is 24.0 Å². The number of rotatable bonds is 5. The Morgan fingerprint density at radius 1 is 0.933 bits per heavy atom. The molecule has 1 aromatic heterocycles. The second-order valence-corrected chi connectivity index (χ2v) is 7.90. The molecular formula is C22H22N2O5S. The molecule has 1 aliphatic heterocycles. The summed E-state index contributed by atoms with van der Waals surface area (Å²) in [4.78, 5) is 28.2. The fourth-order valence-electron chi connectivity index (χ4n) is 3.78. The first-order chi connectivity index (χ1) is 14.5. The van der Waals surface area contributed by atoms with Crippen LogP contribution >= 0.6 is 11.3 Å². The highest BCUT2D eigenvalue weighted by Crippen LogP contribution is 2.47. The second-order valence-electron chi connectivity index (χ2n) is 6.91. The van der Waals surface area contributed by atoms with Gasteiger partial charge in [0.2, 0.25) is 5.91 Å². The van der Waals surface area contributed by atoms with Crippen molar-refractivity contribution in [2.24, 2.45) is 7.05 Å². The van der Waals surface area contributed by atoms with Gasteiger partial charge >= 0.3 is 4.87 Å². The van der Waals surface area contributed by atoms with Gasteiger partial charge < -0.3 is 14.2 Å². The van der Waals surface area contributed by atoms with Gasteiger partial charge in [0.1, 0.15) is 23.1 Å². The predicted octanol–water partition coefficient (Wildman–Crippen LogP) is 3.67. The standard InChI is InChI=1S/C22H22N2O5S/c1-23-21-20(30-22(23)26)17(16-11-15(28-3)9-10-18(16)29-4)12-19(25)24(21)13-5-7-14(27-2)8-6-13/h5-11,17H,12H2,1-4H3/t17-/m1/s1. The molecule has 2 aromatic carbocycles. The SMILES string of the molecule is COc1ccc(N2C(=O)C[C@H](c3cc(OC)ccc3OC)c3sc(=O)n(C)c32)cc1. The zero-order chi connectivity index (χ0) is 21.4. The Bertz CT molecular complexity index is 1150. The fraction of sp³-hybridized carbons (Fsp3) is 0.273. The van der Waals surface area contributed by atoms with Crippen molar-refractivity contribution < 1.29 is 19.0 Å². The van der Waals surface area contributed by atoms with Crippen LogP contribution in [-0.4, -0.2) is 31.8 Å². The Labute approximate surface area is 178 Å². The first-order valence-corrected chi connectivity index (χ1v) is 10.2. The highest BCUT2D eigenvalue weighted by molar-refractivity contribution is 7.10. The maximum absolute atomic E-state index is 13.3. The Morgan fingerprint density at radius 2 is 1.60 bits per heavy atom. The van der Waals surface area contributed by atoms with Gasteiger partial charge in [0.15, 0.2) is 0 Å². The maximum Gasteiger partial charge on any atom is 0.308 e. The fourth-order valence-corrected chi connectivity index (χ4v) is 4.87. The van der Waals surface area contributed by atoms with E-state index in [4.69, 9.17) is 14.2 Å². The van der Waals surface area contributed by atoms with Crippen LogP contribution in [0.15, 0.2) is 47.3 Å². The van der Waals surface area contributed by atoms with Crippen LogP contribution in [0.5, 0.6) is 17.2 Å². The molecule has 0 bridgehead atoms. The molecule has 1 atom stereocenters. The Morgan fingerprint density at radius 3 is 2.23 bits per heavy atom. The number of aromatic nitrogens is 1. The van der Waals surface area contributed by atoms with Crippen LogP contribution in [-0.2, 0) is 11.8 Å². The van der Waals surface area contributed by atoms with Gasteiger partial charge in [0, 0.05) is 24.9 Å². The van der Waals surface area contributed by atoms with E-state index in [9.17, 15) is 9.59 Å². The zero-order valence-electron chi connectivity index (χ0n) is 17.2. The van der Waals surface area contributed by atoms with Gasteiger partial charge in [0.25, 0.3) is 0 Å². The Hall–Kier alpha value is -3.26. The molecule has 30 heavy (non-hydrogen) atoms. The number of hydrogen-bond acceptors (Lipinski definition) is 6. The van der Waals surface area contributed by atoms with Crippen LogP contribution in [0.2, 0.25) is 0 Å². The van der Waals surface area contributed by atoms with Crippen molar-refractivity contribution >= 4 is 28.7 Å². The number of amides is 1. The second kappa shape index (κ2) is 7.87. The van der Waals surface area contributed by atoms with Crippen molar-refractivity contribution in [3.8, 4) is 17.2 Å². The maximum atomic E-state index is 13.3. The lowest BCUT2D eigenvalue weighted by molar-refractivity contribution is -0.118. The molecule has 0 spiro atoms. The summed E-state index contributed by atoms with van der Waals surface area (Å²) >= 11 is 1.15. The van der Waals surface area contributed by atoms with Crippen molar-refractivity contribution in [1.29, 1.82) is 0 Å². The first-order valence-electron chi connectivity index (χ1n) is 9.37. The summed E-state index contributed by atoms with van der Waals surface area (Å²) in [5, 5.41) is 0. The number of carbonyl (C=O) groups excluding carboxylic acids is 1. The van der Waals surface area contributed by atoms with E-state index in [0.717, 1.165) is 21.8 Å². The van der Waals surface area contributed by atoms with Gasteiger partial charge in [0.05, 0.1) is 31.9 Å². The van der Waals surface area contributed by atoms with Gasteiger partial charge in [-0.2, -0.15) is 0 Å². The lowest BCUT2D eigenvalue weighted by Crippen LogP contribution is -2.34. The number of ether oxygens (including phenoxy) is 3. The molecule has 0 unspecified atom stereocenters. The van der Waals surface area contributed by atoms with E-state index >= 15 is 0 Å². The molecule has 1 amide bonds. The molecule has 156 valence electrons. The molecule has 4 rings (SSSR count). The lowest BCUT2D eigenvalue weighted by atomic mass is 9.89. The third-order valence-corrected chi connectivity index (χ3v) is 6.44. The predicted molar refractivity (Wildman–Crippen MR) is 116 cm³/mol. The number of anilines is 2. The van der Waals surface area contributed by atoms with Gasteiger partial charge in [-0.15, -0.1) is 0 Å². The van der Waals surface area contributed by atoms with Gasteiger partial charge in [-0.3, -0.25) is 19.1 Å². The van der Waals surface area contributed by atoms with E-state index < -0.39 is 0 Å².